The van der Waals surface area contributed by atoms with E-state index in [9.17, 15) is 14.0 Å². The molecule has 1 fully saturated rings. The van der Waals surface area contributed by atoms with Crippen LogP contribution in [0.25, 0.3) is 0 Å². The molecule has 1 N–H and O–H groups in total. The standard InChI is InChI=1S/C17H15FN2O2S/c18-13-6-8-14(9-7-13)19-16(21)15-10-23-11-20(15)17(22)12-4-2-1-3-5-12/h1-9,15H,10-11H2,(H,19,21). The molecule has 1 atom stereocenters. The van der Waals surface area contributed by atoms with E-state index in [2.05, 4.69) is 5.32 Å². The molecule has 0 saturated carbocycles. The molecule has 23 heavy (non-hydrogen) atoms. The number of amides is 2. The van der Waals surface area contributed by atoms with Crippen molar-refractivity contribution in [1.82, 2.24) is 4.90 Å². The molecule has 0 spiro atoms. The summed E-state index contributed by atoms with van der Waals surface area (Å²) < 4.78 is 12.9. The maximum Gasteiger partial charge on any atom is 0.255 e. The first kappa shape index (κ1) is 15.6. The van der Waals surface area contributed by atoms with E-state index in [-0.39, 0.29) is 17.6 Å². The van der Waals surface area contributed by atoms with Gasteiger partial charge in [-0.2, -0.15) is 0 Å². The minimum atomic E-state index is -0.530. The number of halogens is 1. The maximum atomic E-state index is 12.9. The number of nitrogens with one attached hydrogen (secondary N) is 1. The molecular formula is C17H15FN2O2S. The Morgan fingerprint density at radius 2 is 1.78 bits per heavy atom. The van der Waals surface area contributed by atoms with Gasteiger partial charge in [-0.05, 0) is 36.4 Å². The number of carbonyl (C=O) groups is 2. The van der Waals surface area contributed by atoms with E-state index in [1.54, 1.807) is 29.2 Å². The van der Waals surface area contributed by atoms with Gasteiger partial charge in [-0.1, -0.05) is 18.2 Å². The summed E-state index contributed by atoms with van der Waals surface area (Å²) in [6.07, 6.45) is 0. The normalized spacial score (nSPS) is 17.1. The summed E-state index contributed by atoms with van der Waals surface area (Å²) in [5.74, 6) is 0.252. The van der Waals surface area contributed by atoms with Gasteiger partial charge >= 0.3 is 0 Å². The zero-order chi connectivity index (χ0) is 16.2. The van der Waals surface area contributed by atoms with Gasteiger partial charge in [-0.15, -0.1) is 11.8 Å². The van der Waals surface area contributed by atoms with Crippen LogP contribution in [0.2, 0.25) is 0 Å². The van der Waals surface area contributed by atoms with Crippen LogP contribution in [0.5, 0.6) is 0 Å². The largest absolute Gasteiger partial charge is 0.324 e. The first-order valence-corrected chi connectivity index (χ1v) is 8.31. The number of rotatable bonds is 3. The van der Waals surface area contributed by atoms with E-state index in [0.29, 0.717) is 22.9 Å². The molecule has 118 valence electrons. The van der Waals surface area contributed by atoms with E-state index in [1.165, 1.54) is 36.0 Å². The highest BCUT2D eigenvalue weighted by molar-refractivity contribution is 7.99. The van der Waals surface area contributed by atoms with Gasteiger partial charge in [0, 0.05) is 17.0 Å². The number of thioether (sulfide) groups is 1. The lowest BCUT2D eigenvalue weighted by atomic mass is 10.1. The number of carbonyl (C=O) groups excluding carboxylic acids is 2. The van der Waals surface area contributed by atoms with Gasteiger partial charge in [-0.25, -0.2) is 4.39 Å². The van der Waals surface area contributed by atoms with Crippen molar-refractivity contribution in [3.05, 3.63) is 66.0 Å². The zero-order valence-electron chi connectivity index (χ0n) is 12.2. The molecule has 0 aromatic heterocycles. The average Bonchev–Trinajstić information content (AvgIpc) is 3.07. The quantitative estimate of drug-likeness (QED) is 0.941. The molecule has 1 aliphatic heterocycles. The van der Waals surface area contributed by atoms with Crippen LogP contribution in [0.1, 0.15) is 10.4 Å². The van der Waals surface area contributed by atoms with Crippen LogP contribution < -0.4 is 5.32 Å². The second-order valence-electron chi connectivity index (χ2n) is 5.15. The molecule has 0 bridgehead atoms. The third kappa shape index (κ3) is 3.53. The zero-order valence-corrected chi connectivity index (χ0v) is 13.1. The number of benzene rings is 2. The van der Waals surface area contributed by atoms with Gasteiger partial charge in [0.15, 0.2) is 0 Å². The minimum absolute atomic E-state index is 0.158. The lowest BCUT2D eigenvalue weighted by Crippen LogP contribution is -2.44. The van der Waals surface area contributed by atoms with Crippen LogP contribution in [-0.4, -0.2) is 34.4 Å². The molecule has 1 aliphatic rings. The van der Waals surface area contributed by atoms with Crippen molar-refractivity contribution in [3.63, 3.8) is 0 Å². The van der Waals surface area contributed by atoms with E-state index < -0.39 is 6.04 Å². The van der Waals surface area contributed by atoms with Crippen molar-refractivity contribution >= 4 is 29.3 Å². The molecule has 3 rings (SSSR count). The fourth-order valence-corrected chi connectivity index (χ4v) is 3.52. The molecule has 2 aromatic carbocycles. The number of nitrogens with zero attached hydrogens (tertiary/aromatic N) is 1. The second kappa shape index (κ2) is 6.83. The number of hydrogen-bond donors (Lipinski definition) is 1. The molecule has 2 aromatic rings. The van der Waals surface area contributed by atoms with Crippen molar-refractivity contribution in [2.45, 2.75) is 6.04 Å². The van der Waals surface area contributed by atoms with Crippen molar-refractivity contribution in [3.8, 4) is 0 Å². The van der Waals surface area contributed by atoms with Crippen LogP contribution in [0, 0.1) is 5.82 Å². The Bertz CT molecular complexity index is 706. The van der Waals surface area contributed by atoms with E-state index in [4.69, 9.17) is 0 Å². The van der Waals surface area contributed by atoms with Crippen LogP contribution >= 0.6 is 11.8 Å². The molecule has 1 saturated heterocycles. The molecule has 2 amide bonds. The lowest BCUT2D eigenvalue weighted by Gasteiger charge is -2.23. The summed E-state index contributed by atoms with van der Waals surface area (Å²) >= 11 is 1.54. The van der Waals surface area contributed by atoms with E-state index >= 15 is 0 Å². The van der Waals surface area contributed by atoms with Gasteiger partial charge in [0.1, 0.15) is 11.9 Å². The summed E-state index contributed by atoms with van der Waals surface area (Å²) in [5.41, 5.74) is 1.08. The Hall–Kier alpha value is -2.34. The van der Waals surface area contributed by atoms with Crippen molar-refractivity contribution < 1.29 is 14.0 Å². The summed E-state index contributed by atoms with van der Waals surface area (Å²) in [6, 6.07) is 13.9. The number of anilines is 1. The van der Waals surface area contributed by atoms with Crippen LogP contribution in [-0.2, 0) is 4.79 Å². The van der Waals surface area contributed by atoms with Crippen LogP contribution in [0.4, 0.5) is 10.1 Å². The monoisotopic (exact) mass is 330 g/mol. The Labute approximate surface area is 137 Å². The van der Waals surface area contributed by atoms with Gasteiger partial charge < -0.3 is 10.2 Å². The summed E-state index contributed by atoms with van der Waals surface area (Å²) in [4.78, 5) is 26.5. The third-order valence-corrected chi connectivity index (χ3v) is 4.59. The predicted octanol–water partition coefficient (Wildman–Crippen LogP) is 2.98. The molecule has 6 heteroatoms. The Kier molecular flexibility index (Phi) is 4.62. The Morgan fingerprint density at radius 3 is 2.48 bits per heavy atom. The summed E-state index contributed by atoms with van der Waals surface area (Å²) in [7, 11) is 0. The van der Waals surface area contributed by atoms with E-state index in [1.807, 2.05) is 6.07 Å². The highest BCUT2D eigenvalue weighted by atomic mass is 32.2. The smallest absolute Gasteiger partial charge is 0.255 e. The van der Waals surface area contributed by atoms with Crippen LogP contribution in [0.3, 0.4) is 0 Å². The summed E-state index contributed by atoms with van der Waals surface area (Å²) in [6.45, 7) is 0. The topological polar surface area (TPSA) is 49.4 Å². The average molecular weight is 330 g/mol. The first-order valence-electron chi connectivity index (χ1n) is 7.15. The van der Waals surface area contributed by atoms with Crippen molar-refractivity contribution in [2.75, 3.05) is 16.9 Å². The lowest BCUT2D eigenvalue weighted by molar-refractivity contribution is -0.119. The molecule has 1 unspecified atom stereocenters. The van der Waals surface area contributed by atoms with Gasteiger partial charge in [-0.3, -0.25) is 9.59 Å². The molecule has 4 nitrogen and oxygen atoms in total. The molecular weight excluding hydrogens is 315 g/mol. The third-order valence-electron chi connectivity index (χ3n) is 3.58. The minimum Gasteiger partial charge on any atom is -0.324 e. The highest BCUT2D eigenvalue weighted by Gasteiger charge is 2.35. The predicted molar refractivity (Wildman–Crippen MR) is 88.8 cm³/mol. The van der Waals surface area contributed by atoms with Gasteiger partial charge in [0.05, 0.1) is 5.88 Å². The Morgan fingerprint density at radius 1 is 1.09 bits per heavy atom. The van der Waals surface area contributed by atoms with Crippen molar-refractivity contribution in [1.29, 1.82) is 0 Å². The maximum absolute atomic E-state index is 12.9. The fraction of sp³-hybridized carbons (Fsp3) is 0.176. The second-order valence-corrected chi connectivity index (χ2v) is 6.15. The molecule has 0 radical (unpaired) electrons. The highest BCUT2D eigenvalue weighted by Crippen LogP contribution is 2.24. The number of hydrogen-bond acceptors (Lipinski definition) is 3. The summed E-state index contributed by atoms with van der Waals surface area (Å²) in [5, 5.41) is 2.73. The van der Waals surface area contributed by atoms with Crippen molar-refractivity contribution in [2.24, 2.45) is 0 Å². The first-order chi connectivity index (χ1) is 11.1. The molecule has 0 aliphatic carbocycles. The fourth-order valence-electron chi connectivity index (χ4n) is 2.37. The Balaban J connectivity index is 1.72. The van der Waals surface area contributed by atoms with Gasteiger partial charge in [0.2, 0.25) is 5.91 Å². The van der Waals surface area contributed by atoms with Gasteiger partial charge in [0.25, 0.3) is 5.91 Å². The van der Waals surface area contributed by atoms with Crippen LogP contribution in [0.15, 0.2) is 54.6 Å². The molecule has 1 heterocycles. The SMILES string of the molecule is O=C(Nc1ccc(F)cc1)C1CSCN1C(=O)c1ccccc1. The van der Waals surface area contributed by atoms with E-state index in [0.717, 1.165) is 0 Å².